The SMILES string of the molecule is CC(CO)CNC(C)c1ccc(O)cc1F. The molecule has 3 N–H and O–H groups in total. The van der Waals surface area contributed by atoms with E-state index in [0.29, 0.717) is 12.1 Å². The molecular weight excluding hydrogens is 209 g/mol. The van der Waals surface area contributed by atoms with Crippen LogP contribution in [0.4, 0.5) is 4.39 Å². The smallest absolute Gasteiger partial charge is 0.131 e. The summed E-state index contributed by atoms with van der Waals surface area (Å²) in [6.07, 6.45) is 0. The summed E-state index contributed by atoms with van der Waals surface area (Å²) in [6, 6.07) is 3.98. The van der Waals surface area contributed by atoms with E-state index in [9.17, 15) is 4.39 Å². The van der Waals surface area contributed by atoms with E-state index >= 15 is 0 Å². The molecule has 0 heterocycles. The maximum absolute atomic E-state index is 13.5. The second kappa shape index (κ2) is 5.82. The van der Waals surface area contributed by atoms with Crippen LogP contribution >= 0.6 is 0 Å². The fraction of sp³-hybridized carbons (Fsp3) is 0.500. The van der Waals surface area contributed by atoms with E-state index in [-0.39, 0.29) is 24.3 Å². The zero-order valence-electron chi connectivity index (χ0n) is 9.57. The highest BCUT2D eigenvalue weighted by molar-refractivity contribution is 5.29. The van der Waals surface area contributed by atoms with E-state index in [0.717, 1.165) is 6.07 Å². The second-order valence-corrected chi connectivity index (χ2v) is 4.12. The van der Waals surface area contributed by atoms with Crippen LogP contribution in [0.5, 0.6) is 5.75 Å². The van der Waals surface area contributed by atoms with E-state index in [1.165, 1.54) is 6.07 Å². The Kier molecular flexibility index (Phi) is 4.71. The molecule has 90 valence electrons. The molecule has 16 heavy (non-hydrogen) atoms. The molecule has 0 spiro atoms. The molecule has 0 amide bonds. The van der Waals surface area contributed by atoms with E-state index in [1.54, 1.807) is 6.07 Å². The summed E-state index contributed by atoms with van der Waals surface area (Å²) < 4.78 is 13.5. The van der Waals surface area contributed by atoms with Crippen molar-refractivity contribution >= 4 is 0 Å². The van der Waals surface area contributed by atoms with Crippen LogP contribution in [-0.2, 0) is 0 Å². The van der Waals surface area contributed by atoms with Gasteiger partial charge in [-0.15, -0.1) is 0 Å². The lowest BCUT2D eigenvalue weighted by molar-refractivity contribution is 0.230. The van der Waals surface area contributed by atoms with E-state index < -0.39 is 5.82 Å². The van der Waals surface area contributed by atoms with Crippen molar-refractivity contribution in [2.45, 2.75) is 19.9 Å². The molecule has 0 saturated carbocycles. The van der Waals surface area contributed by atoms with Crippen LogP contribution in [0.15, 0.2) is 18.2 Å². The van der Waals surface area contributed by atoms with Gasteiger partial charge in [-0.1, -0.05) is 13.0 Å². The molecule has 1 aromatic carbocycles. The van der Waals surface area contributed by atoms with Crippen LogP contribution < -0.4 is 5.32 Å². The lowest BCUT2D eigenvalue weighted by Crippen LogP contribution is -2.26. The van der Waals surface area contributed by atoms with Gasteiger partial charge in [0.2, 0.25) is 0 Å². The van der Waals surface area contributed by atoms with Crippen LogP contribution in [0.2, 0.25) is 0 Å². The van der Waals surface area contributed by atoms with Crippen LogP contribution in [0, 0.1) is 11.7 Å². The van der Waals surface area contributed by atoms with Crippen molar-refractivity contribution in [1.82, 2.24) is 5.32 Å². The van der Waals surface area contributed by atoms with Crippen molar-refractivity contribution in [2.24, 2.45) is 5.92 Å². The van der Waals surface area contributed by atoms with Gasteiger partial charge in [-0.25, -0.2) is 4.39 Å². The number of nitrogens with one attached hydrogen (secondary N) is 1. The molecule has 0 bridgehead atoms. The van der Waals surface area contributed by atoms with Gasteiger partial charge in [0.15, 0.2) is 0 Å². The standard InChI is InChI=1S/C12H18FNO2/c1-8(7-15)6-14-9(2)11-4-3-10(16)5-12(11)13/h3-5,8-9,14-16H,6-7H2,1-2H3. The number of rotatable bonds is 5. The normalized spacial score (nSPS) is 14.8. The number of aliphatic hydroxyl groups is 1. The second-order valence-electron chi connectivity index (χ2n) is 4.12. The topological polar surface area (TPSA) is 52.5 Å². The van der Waals surface area contributed by atoms with Gasteiger partial charge in [-0.05, 0) is 18.9 Å². The number of hydrogen-bond donors (Lipinski definition) is 3. The molecule has 2 atom stereocenters. The van der Waals surface area contributed by atoms with Crippen LogP contribution in [-0.4, -0.2) is 23.4 Å². The van der Waals surface area contributed by atoms with Gasteiger partial charge in [0.1, 0.15) is 11.6 Å². The number of aliphatic hydroxyl groups excluding tert-OH is 1. The minimum atomic E-state index is -0.420. The number of phenolic OH excluding ortho intramolecular Hbond substituents is 1. The van der Waals surface area contributed by atoms with Crippen LogP contribution in [0.25, 0.3) is 0 Å². The Morgan fingerprint density at radius 3 is 2.62 bits per heavy atom. The van der Waals surface area contributed by atoms with E-state index in [2.05, 4.69) is 5.32 Å². The lowest BCUT2D eigenvalue weighted by Gasteiger charge is -2.17. The van der Waals surface area contributed by atoms with Crippen LogP contribution in [0.1, 0.15) is 25.5 Å². The van der Waals surface area contributed by atoms with E-state index in [1.807, 2.05) is 13.8 Å². The molecule has 1 aromatic rings. The largest absolute Gasteiger partial charge is 0.508 e. The summed E-state index contributed by atoms with van der Waals surface area (Å²) in [4.78, 5) is 0. The summed E-state index contributed by atoms with van der Waals surface area (Å²) in [5, 5.41) is 21.1. The third-order valence-electron chi connectivity index (χ3n) is 2.53. The van der Waals surface area contributed by atoms with Gasteiger partial charge >= 0.3 is 0 Å². The molecule has 2 unspecified atom stereocenters. The zero-order chi connectivity index (χ0) is 12.1. The Morgan fingerprint density at radius 1 is 1.38 bits per heavy atom. The Labute approximate surface area is 94.9 Å². The first-order valence-corrected chi connectivity index (χ1v) is 5.37. The predicted octanol–water partition coefficient (Wildman–Crippen LogP) is 1.81. The average molecular weight is 227 g/mol. The van der Waals surface area contributed by atoms with Crippen molar-refractivity contribution < 1.29 is 14.6 Å². The summed E-state index contributed by atoms with van der Waals surface area (Å²) >= 11 is 0. The van der Waals surface area contributed by atoms with Crippen molar-refractivity contribution in [3.8, 4) is 5.75 Å². The molecule has 0 radical (unpaired) electrons. The highest BCUT2D eigenvalue weighted by atomic mass is 19.1. The molecule has 0 aromatic heterocycles. The molecule has 0 fully saturated rings. The molecule has 0 aliphatic carbocycles. The maximum Gasteiger partial charge on any atom is 0.131 e. The van der Waals surface area contributed by atoms with Crippen molar-refractivity contribution in [3.05, 3.63) is 29.6 Å². The fourth-order valence-corrected chi connectivity index (χ4v) is 1.42. The van der Waals surface area contributed by atoms with Gasteiger partial charge in [0, 0.05) is 30.8 Å². The van der Waals surface area contributed by atoms with Gasteiger partial charge in [-0.2, -0.15) is 0 Å². The number of phenols is 1. The Hall–Kier alpha value is -1.13. The van der Waals surface area contributed by atoms with Crippen molar-refractivity contribution in [3.63, 3.8) is 0 Å². The number of aromatic hydroxyl groups is 1. The summed E-state index contributed by atoms with van der Waals surface area (Å²) in [7, 11) is 0. The minimum absolute atomic E-state index is 0.0721. The first-order valence-electron chi connectivity index (χ1n) is 5.37. The maximum atomic E-state index is 13.5. The molecule has 3 nitrogen and oxygen atoms in total. The number of hydrogen-bond acceptors (Lipinski definition) is 3. The highest BCUT2D eigenvalue weighted by Gasteiger charge is 2.11. The lowest BCUT2D eigenvalue weighted by atomic mass is 10.1. The Morgan fingerprint density at radius 2 is 2.06 bits per heavy atom. The average Bonchev–Trinajstić information content (AvgIpc) is 2.25. The molecule has 4 heteroatoms. The summed E-state index contributed by atoms with van der Waals surface area (Å²) in [6.45, 7) is 4.49. The Balaban J connectivity index is 2.62. The Bertz CT molecular complexity index is 344. The quantitative estimate of drug-likeness (QED) is 0.719. The number of benzene rings is 1. The van der Waals surface area contributed by atoms with E-state index in [4.69, 9.17) is 10.2 Å². The van der Waals surface area contributed by atoms with Gasteiger partial charge in [0.05, 0.1) is 0 Å². The third kappa shape index (κ3) is 3.47. The van der Waals surface area contributed by atoms with Crippen molar-refractivity contribution in [1.29, 1.82) is 0 Å². The zero-order valence-corrected chi connectivity index (χ0v) is 9.57. The van der Waals surface area contributed by atoms with Gasteiger partial charge in [0.25, 0.3) is 0 Å². The molecule has 0 saturated heterocycles. The molecule has 0 aliphatic heterocycles. The summed E-state index contributed by atoms with van der Waals surface area (Å²) in [5.41, 5.74) is 0.517. The summed E-state index contributed by atoms with van der Waals surface area (Å²) in [5.74, 6) is -0.351. The fourth-order valence-electron chi connectivity index (χ4n) is 1.42. The molecule has 0 aliphatic rings. The third-order valence-corrected chi connectivity index (χ3v) is 2.53. The molecular formula is C12H18FNO2. The number of halogens is 1. The molecule has 1 rings (SSSR count). The van der Waals surface area contributed by atoms with Crippen molar-refractivity contribution in [2.75, 3.05) is 13.2 Å². The highest BCUT2D eigenvalue weighted by Crippen LogP contribution is 2.20. The predicted molar refractivity (Wildman–Crippen MR) is 60.7 cm³/mol. The van der Waals surface area contributed by atoms with Gasteiger partial charge in [-0.3, -0.25) is 0 Å². The van der Waals surface area contributed by atoms with Gasteiger partial charge < -0.3 is 15.5 Å². The first kappa shape index (κ1) is 12.9. The first-order chi connectivity index (χ1) is 7.54. The minimum Gasteiger partial charge on any atom is -0.508 e. The monoisotopic (exact) mass is 227 g/mol. The van der Waals surface area contributed by atoms with Crippen LogP contribution in [0.3, 0.4) is 0 Å².